The summed E-state index contributed by atoms with van der Waals surface area (Å²) in [7, 11) is -1.52. The van der Waals surface area contributed by atoms with Crippen LogP contribution in [0.3, 0.4) is 0 Å². The van der Waals surface area contributed by atoms with Crippen molar-refractivity contribution in [2.75, 3.05) is 52.6 Å². The molecule has 4 rings (SSSR count). The lowest BCUT2D eigenvalue weighted by Crippen LogP contribution is -2.53. The van der Waals surface area contributed by atoms with Gasteiger partial charge in [-0.3, -0.25) is 4.79 Å². The van der Waals surface area contributed by atoms with Crippen molar-refractivity contribution >= 4 is 45.2 Å². The van der Waals surface area contributed by atoms with E-state index in [0.29, 0.717) is 41.8 Å². The van der Waals surface area contributed by atoms with Gasteiger partial charge in [0.25, 0.3) is 5.91 Å². The molecule has 0 saturated carbocycles. The Bertz CT molecular complexity index is 1260. The second-order valence-corrected chi connectivity index (χ2v) is 12.4. The number of likely N-dealkylation sites (N-methyl/N-ethyl adjacent to an activating group) is 1. The van der Waals surface area contributed by atoms with Gasteiger partial charge in [-0.2, -0.15) is 4.31 Å². The minimum Gasteiger partial charge on any atom is -0.336 e. The molecule has 3 amide bonds. The van der Waals surface area contributed by atoms with Crippen LogP contribution in [0.5, 0.6) is 0 Å². The first-order valence-corrected chi connectivity index (χ1v) is 14.9. The number of rotatable bonds is 5. The van der Waals surface area contributed by atoms with Crippen molar-refractivity contribution < 1.29 is 18.0 Å². The summed E-state index contributed by atoms with van der Waals surface area (Å²) in [4.78, 5) is 32.0. The molecule has 37 heavy (non-hydrogen) atoms. The number of hydrogen-bond acceptors (Lipinski definition) is 4. The smallest absolute Gasteiger partial charge is 0.320 e. The molecule has 0 aromatic heterocycles. The number of likely N-dealkylation sites (tertiary alicyclic amines) is 1. The monoisotopic (exact) mass is 566 g/mol. The Kier molecular flexibility index (Phi) is 8.38. The number of urea groups is 1. The molecule has 2 aromatic carbocycles. The maximum atomic E-state index is 13.5. The summed E-state index contributed by atoms with van der Waals surface area (Å²) in [5, 5.41) is 0.862. The topological polar surface area (TPSA) is 81.2 Å². The Hall–Kier alpha value is -2.33. The van der Waals surface area contributed by atoms with Gasteiger partial charge in [0, 0.05) is 57.8 Å². The Morgan fingerprint density at radius 3 is 2.16 bits per heavy atom. The van der Waals surface area contributed by atoms with Gasteiger partial charge in [0.15, 0.2) is 0 Å². The van der Waals surface area contributed by atoms with Crippen LogP contribution in [-0.4, -0.2) is 98.0 Å². The summed E-state index contributed by atoms with van der Waals surface area (Å²) in [6, 6.07) is 12.6. The summed E-state index contributed by atoms with van der Waals surface area (Å²) in [6.45, 7) is 4.00. The van der Waals surface area contributed by atoms with Gasteiger partial charge in [-0.05, 0) is 41.8 Å². The van der Waals surface area contributed by atoms with Crippen molar-refractivity contribution in [1.29, 1.82) is 0 Å². The first-order chi connectivity index (χ1) is 17.5. The zero-order valence-corrected chi connectivity index (χ0v) is 23.6. The molecule has 2 saturated heterocycles. The van der Waals surface area contributed by atoms with Crippen LogP contribution in [0.2, 0.25) is 10.0 Å². The zero-order chi connectivity index (χ0) is 26.9. The quantitative estimate of drug-likeness (QED) is 0.551. The summed E-state index contributed by atoms with van der Waals surface area (Å²) in [5.41, 5.74) is 2.65. The normalized spacial score (nSPS) is 20.8. The molecule has 200 valence electrons. The molecule has 0 unspecified atom stereocenters. The van der Waals surface area contributed by atoms with Crippen LogP contribution in [-0.2, 0) is 16.4 Å². The number of aryl methyl sites for hydroxylation is 1. The number of sulfonamides is 1. The first-order valence-electron chi connectivity index (χ1n) is 12.3. The summed E-state index contributed by atoms with van der Waals surface area (Å²) in [6.07, 6.45) is 2.07. The van der Waals surface area contributed by atoms with Gasteiger partial charge in [0.1, 0.15) is 0 Å². The second kappa shape index (κ2) is 11.2. The minimum absolute atomic E-state index is 0.117. The van der Waals surface area contributed by atoms with Crippen molar-refractivity contribution in [2.24, 2.45) is 0 Å². The van der Waals surface area contributed by atoms with Crippen molar-refractivity contribution in [1.82, 2.24) is 19.0 Å². The largest absolute Gasteiger partial charge is 0.336 e. The van der Waals surface area contributed by atoms with E-state index in [1.807, 2.05) is 30.3 Å². The molecule has 2 atom stereocenters. The van der Waals surface area contributed by atoms with Crippen LogP contribution in [0, 0.1) is 0 Å². The average Bonchev–Trinajstić information content (AvgIpc) is 3.34. The molecule has 2 aliphatic rings. The number of hydrogen-bond donors (Lipinski definition) is 0. The molecule has 0 aliphatic carbocycles. The van der Waals surface area contributed by atoms with Crippen molar-refractivity contribution in [2.45, 2.75) is 25.3 Å². The van der Waals surface area contributed by atoms with Gasteiger partial charge in [-0.25, -0.2) is 13.2 Å². The van der Waals surface area contributed by atoms with Crippen LogP contribution >= 0.6 is 23.2 Å². The average molecular weight is 568 g/mol. The van der Waals surface area contributed by atoms with Crippen molar-refractivity contribution in [3.8, 4) is 0 Å². The first kappa shape index (κ1) is 27.7. The van der Waals surface area contributed by atoms with Crippen LogP contribution < -0.4 is 0 Å². The molecule has 0 N–H and O–H groups in total. The third-order valence-electron chi connectivity index (χ3n) is 7.34. The van der Waals surface area contributed by atoms with Crippen LogP contribution in [0.4, 0.5) is 4.79 Å². The number of benzene rings is 2. The van der Waals surface area contributed by atoms with Gasteiger partial charge in [0.2, 0.25) is 10.0 Å². The van der Waals surface area contributed by atoms with E-state index in [-0.39, 0.29) is 37.0 Å². The van der Waals surface area contributed by atoms with Crippen molar-refractivity contribution in [3.05, 3.63) is 69.2 Å². The number of carbonyl (C=O) groups is 2. The summed E-state index contributed by atoms with van der Waals surface area (Å²) in [5.74, 6) is -0.284. The molecule has 11 heteroatoms. The van der Waals surface area contributed by atoms with Crippen molar-refractivity contribution in [3.63, 3.8) is 0 Å². The molecule has 2 aromatic rings. The molecule has 0 radical (unpaired) electrons. The predicted molar refractivity (Wildman–Crippen MR) is 146 cm³/mol. The summed E-state index contributed by atoms with van der Waals surface area (Å²) < 4.78 is 25.1. The molecular formula is C26H32Cl2N4O4S. The molecule has 2 heterocycles. The van der Waals surface area contributed by atoms with Crippen LogP contribution in [0.15, 0.2) is 42.5 Å². The third-order valence-corrected chi connectivity index (χ3v) is 9.38. The lowest BCUT2D eigenvalue weighted by atomic mass is 9.93. The predicted octanol–water partition coefficient (Wildman–Crippen LogP) is 3.79. The molecule has 2 aliphatic heterocycles. The number of halogens is 2. The SMILES string of the molecule is CCc1ccc(C(=O)N(C)[C@H]2CN(C(=O)N3CCN(S(C)(=O)=O)CC3)C[C@H]2c2ccc(Cl)c(Cl)c2)cc1. The lowest BCUT2D eigenvalue weighted by Gasteiger charge is -2.35. The van der Waals surface area contributed by atoms with Gasteiger partial charge < -0.3 is 14.7 Å². The number of nitrogens with zero attached hydrogens (tertiary/aromatic N) is 4. The minimum atomic E-state index is -3.29. The molecule has 2 fully saturated rings. The Balaban J connectivity index is 1.56. The fourth-order valence-corrected chi connectivity index (χ4v) is 6.19. The number of amides is 3. The Labute approximate surface area is 228 Å². The summed E-state index contributed by atoms with van der Waals surface area (Å²) >= 11 is 12.5. The fraction of sp³-hybridized carbons (Fsp3) is 0.462. The van der Waals surface area contributed by atoms with E-state index < -0.39 is 10.0 Å². The zero-order valence-electron chi connectivity index (χ0n) is 21.2. The molecule has 0 spiro atoms. The van der Waals surface area contributed by atoms with Gasteiger partial charge in [0.05, 0.1) is 22.3 Å². The van der Waals surface area contributed by atoms with Crippen LogP contribution in [0.25, 0.3) is 0 Å². The highest BCUT2D eigenvalue weighted by molar-refractivity contribution is 7.88. The highest BCUT2D eigenvalue weighted by Gasteiger charge is 2.42. The molecule has 0 bridgehead atoms. The highest BCUT2D eigenvalue weighted by atomic mass is 35.5. The van der Waals surface area contributed by atoms with E-state index in [1.54, 1.807) is 33.9 Å². The van der Waals surface area contributed by atoms with Crippen LogP contribution in [0.1, 0.15) is 34.3 Å². The molecule has 8 nitrogen and oxygen atoms in total. The number of carbonyl (C=O) groups excluding carboxylic acids is 2. The van der Waals surface area contributed by atoms with E-state index in [1.165, 1.54) is 10.6 Å². The highest BCUT2D eigenvalue weighted by Crippen LogP contribution is 2.35. The van der Waals surface area contributed by atoms with E-state index >= 15 is 0 Å². The van der Waals surface area contributed by atoms with E-state index in [9.17, 15) is 18.0 Å². The molecular weight excluding hydrogens is 535 g/mol. The Morgan fingerprint density at radius 1 is 0.946 bits per heavy atom. The van der Waals surface area contributed by atoms with E-state index in [2.05, 4.69) is 6.92 Å². The van der Waals surface area contributed by atoms with Gasteiger partial charge in [-0.15, -0.1) is 0 Å². The second-order valence-electron chi connectivity index (χ2n) is 9.65. The van der Waals surface area contributed by atoms with E-state index in [4.69, 9.17) is 23.2 Å². The lowest BCUT2D eigenvalue weighted by molar-refractivity contribution is 0.0723. The number of piperazine rings is 1. The van der Waals surface area contributed by atoms with E-state index in [0.717, 1.165) is 17.5 Å². The third kappa shape index (κ3) is 6.06. The maximum Gasteiger partial charge on any atom is 0.320 e. The standard InChI is InChI=1S/C26H32Cl2N4O4S/c1-4-18-5-7-19(8-6-18)25(33)29(2)24-17-31(16-21(24)20-9-10-22(27)23(28)15-20)26(34)30-11-13-32(14-12-30)37(3,35)36/h5-10,15,21,24H,4,11-14,16-17H2,1-3H3/t21-,24-/m0/s1. The van der Waals surface area contributed by atoms with Gasteiger partial charge in [-0.1, -0.05) is 48.3 Å². The Morgan fingerprint density at radius 2 is 1.59 bits per heavy atom. The maximum absolute atomic E-state index is 13.5. The van der Waals surface area contributed by atoms with Gasteiger partial charge >= 0.3 is 6.03 Å². The fourth-order valence-electron chi connectivity index (χ4n) is 5.05.